The van der Waals surface area contributed by atoms with E-state index in [0.29, 0.717) is 12.2 Å². The van der Waals surface area contributed by atoms with Gasteiger partial charge in [-0.25, -0.2) is 9.78 Å². The zero-order chi connectivity index (χ0) is 11.3. The van der Waals surface area contributed by atoms with Crippen LogP contribution in [0.5, 0.6) is 0 Å². The lowest BCUT2D eigenvalue weighted by Crippen LogP contribution is -2.18. The Labute approximate surface area is 87.6 Å². The van der Waals surface area contributed by atoms with Crippen molar-refractivity contribution in [1.29, 1.82) is 0 Å². The monoisotopic (exact) mass is 210 g/mol. The number of nitrogens with zero attached hydrogens (tertiary/aromatic N) is 1. The minimum absolute atomic E-state index is 0.209. The molecule has 1 aromatic heterocycles. The topological polar surface area (TPSA) is 103 Å². The molecule has 0 aliphatic rings. The van der Waals surface area contributed by atoms with E-state index in [-0.39, 0.29) is 6.61 Å². The van der Waals surface area contributed by atoms with E-state index in [1.54, 1.807) is 6.20 Å². The molecule has 1 heterocycles. The molecule has 6 heteroatoms. The van der Waals surface area contributed by atoms with Gasteiger partial charge in [-0.3, -0.25) is 0 Å². The lowest BCUT2D eigenvalue weighted by molar-refractivity contribution is 0.161. The fourth-order valence-corrected chi connectivity index (χ4v) is 1.10. The Bertz CT molecular complexity index is 354. The van der Waals surface area contributed by atoms with E-state index in [0.717, 1.165) is 11.4 Å². The van der Waals surface area contributed by atoms with Gasteiger partial charge in [0.1, 0.15) is 12.4 Å². The van der Waals surface area contributed by atoms with Crippen LogP contribution in [-0.2, 0) is 4.74 Å². The zero-order valence-electron chi connectivity index (χ0n) is 8.49. The number of hydrogen-bond acceptors (Lipinski definition) is 5. The molecule has 82 valence electrons. The summed E-state index contributed by atoms with van der Waals surface area (Å²) in [7, 11) is 0. The smallest absolute Gasteiger partial charge is 0.404 e. The van der Waals surface area contributed by atoms with Gasteiger partial charge in [0.2, 0.25) is 0 Å². The first-order valence-corrected chi connectivity index (χ1v) is 4.48. The third kappa shape index (κ3) is 3.72. The number of anilines is 2. The molecule has 0 atom stereocenters. The highest BCUT2D eigenvalue weighted by Crippen LogP contribution is 2.13. The lowest BCUT2D eigenvalue weighted by Gasteiger charge is -2.08. The van der Waals surface area contributed by atoms with Crippen LogP contribution in [0.4, 0.5) is 16.3 Å². The molecule has 0 bridgehead atoms. The molecule has 0 aromatic carbocycles. The third-order valence-electron chi connectivity index (χ3n) is 1.74. The van der Waals surface area contributed by atoms with E-state index >= 15 is 0 Å². The molecule has 0 aliphatic carbocycles. The number of nitrogens with one attached hydrogen (secondary N) is 1. The number of primary amides is 1. The summed E-state index contributed by atoms with van der Waals surface area (Å²) in [5, 5.41) is 3.00. The minimum atomic E-state index is -0.779. The molecule has 6 nitrogen and oxygen atoms in total. The van der Waals surface area contributed by atoms with Crippen molar-refractivity contribution in [1.82, 2.24) is 4.98 Å². The summed E-state index contributed by atoms with van der Waals surface area (Å²) < 4.78 is 4.55. The Kier molecular flexibility index (Phi) is 3.73. The molecule has 0 spiro atoms. The number of ether oxygens (including phenoxy) is 1. The van der Waals surface area contributed by atoms with Crippen LogP contribution in [0.25, 0.3) is 0 Å². The number of rotatable bonds is 4. The molecular formula is C9H14N4O2. The summed E-state index contributed by atoms with van der Waals surface area (Å²) in [5.74, 6) is 0.720. The lowest BCUT2D eigenvalue weighted by atomic mass is 10.2. The first-order chi connectivity index (χ1) is 7.09. The van der Waals surface area contributed by atoms with E-state index in [1.165, 1.54) is 0 Å². The van der Waals surface area contributed by atoms with Crippen LogP contribution in [0.3, 0.4) is 0 Å². The maximum atomic E-state index is 10.3. The second-order valence-corrected chi connectivity index (χ2v) is 3.03. The number of nitrogen functional groups attached to an aromatic ring is 1. The summed E-state index contributed by atoms with van der Waals surface area (Å²) in [5.41, 5.74) is 11.9. The van der Waals surface area contributed by atoms with Gasteiger partial charge in [0.05, 0.1) is 18.4 Å². The molecule has 1 aromatic rings. The number of carbonyl (C=O) groups excluding carboxylic acids is 1. The van der Waals surface area contributed by atoms with Crippen LogP contribution in [0.2, 0.25) is 0 Å². The summed E-state index contributed by atoms with van der Waals surface area (Å²) in [6.45, 7) is 2.56. The van der Waals surface area contributed by atoms with Crippen molar-refractivity contribution in [2.45, 2.75) is 6.92 Å². The van der Waals surface area contributed by atoms with Gasteiger partial charge in [-0.05, 0) is 18.6 Å². The average Bonchev–Trinajstić information content (AvgIpc) is 2.14. The van der Waals surface area contributed by atoms with Crippen LogP contribution in [0.1, 0.15) is 5.56 Å². The number of carbonyl (C=O) groups is 1. The van der Waals surface area contributed by atoms with Gasteiger partial charge in [-0.15, -0.1) is 0 Å². The van der Waals surface area contributed by atoms with Crippen molar-refractivity contribution in [3.05, 3.63) is 17.8 Å². The van der Waals surface area contributed by atoms with E-state index in [9.17, 15) is 4.79 Å². The van der Waals surface area contributed by atoms with Crippen molar-refractivity contribution >= 4 is 17.6 Å². The molecule has 5 N–H and O–H groups in total. The first kappa shape index (κ1) is 11.1. The van der Waals surface area contributed by atoms with Crippen LogP contribution in [0.15, 0.2) is 12.3 Å². The summed E-state index contributed by atoms with van der Waals surface area (Å²) in [6, 6.07) is 1.81. The quantitative estimate of drug-likeness (QED) is 0.627. The van der Waals surface area contributed by atoms with Gasteiger partial charge in [0.15, 0.2) is 0 Å². The summed E-state index contributed by atoms with van der Waals surface area (Å²) in [4.78, 5) is 14.3. The molecule has 0 fully saturated rings. The van der Waals surface area contributed by atoms with E-state index < -0.39 is 6.09 Å². The second kappa shape index (κ2) is 5.04. The van der Waals surface area contributed by atoms with Crippen LogP contribution in [-0.4, -0.2) is 24.2 Å². The van der Waals surface area contributed by atoms with Crippen molar-refractivity contribution < 1.29 is 9.53 Å². The maximum Gasteiger partial charge on any atom is 0.404 e. The normalized spacial score (nSPS) is 9.67. The van der Waals surface area contributed by atoms with Crippen LogP contribution < -0.4 is 16.8 Å². The fraction of sp³-hybridized carbons (Fsp3) is 0.333. The molecule has 0 radical (unpaired) electrons. The number of hydrogen-bond donors (Lipinski definition) is 3. The van der Waals surface area contributed by atoms with Gasteiger partial charge in [-0.2, -0.15) is 0 Å². The molecule has 0 aliphatic heterocycles. The van der Waals surface area contributed by atoms with Gasteiger partial charge in [0, 0.05) is 0 Å². The molecule has 0 saturated heterocycles. The number of pyridine rings is 1. The standard InChI is InChI=1S/C9H14N4O2/c1-6-4-7(10)5-13-8(6)12-2-3-15-9(11)14/h4-5H,2-3,10H2,1H3,(H2,11,14)(H,12,13). The SMILES string of the molecule is Cc1cc(N)cnc1NCCOC(N)=O. The molecule has 1 amide bonds. The van der Waals surface area contributed by atoms with Crippen molar-refractivity contribution in [3.63, 3.8) is 0 Å². The molecule has 15 heavy (non-hydrogen) atoms. The highest BCUT2D eigenvalue weighted by atomic mass is 16.5. The van der Waals surface area contributed by atoms with Gasteiger partial charge < -0.3 is 21.5 Å². The predicted octanol–water partition coefficient (Wildman–Crippen LogP) is 0.479. The molecule has 1 rings (SSSR count). The Morgan fingerprint density at radius 3 is 3.00 bits per heavy atom. The van der Waals surface area contributed by atoms with E-state index in [4.69, 9.17) is 11.5 Å². The van der Waals surface area contributed by atoms with Crippen LogP contribution in [0, 0.1) is 6.92 Å². The Balaban J connectivity index is 2.40. The van der Waals surface area contributed by atoms with Gasteiger partial charge >= 0.3 is 6.09 Å². The largest absolute Gasteiger partial charge is 0.448 e. The highest BCUT2D eigenvalue weighted by molar-refractivity contribution is 5.64. The number of aromatic nitrogens is 1. The van der Waals surface area contributed by atoms with Crippen molar-refractivity contribution in [2.24, 2.45) is 5.73 Å². The Morgan fingerprint density at radius 2 is 2.40 bits per heavy atom. The summed E-state index contributed by atoms with van der Waals surface area (Å²) in [6.07, 6.45) is 0.781. The molecule has 0 unspecified atom stereocenters. The fourth-order valence-electron chi connectivity index (χ4n) is 1.10. The predicted molar refractivity (Wildman–Crippen MR) is 57.4 cm³/mol. The van der Waals surface area contributed by atoms with E-state index in [1.807, 2.05) is 13.0 Å². The number of aryl methyl sites for hydroxylation is 1. The highest BCUT2D eigenvalue weighted by Gasteiger charge is 1.99. The second-order valence-electron chi connectivity index (χ2n) is 3.03. The first-order valence-electron chi connectivity index (χ1n) is 4.48. The average molecular weight is 210 g/mol. The Morgan fingerprint density at radius 1 is 1.67 bits per heavy atom. The van der Waals surface area contributed by atoms with E-state index in [2.05, 4.69) is 15.0 Å². The summed E-state index contributed by atoms with van der Waals surface area (Å²) >= 11 is 0. The molecule has 0 saturated carbocycles. The Hall–Kier alpha value is -1.98. The third-order valence-corrected chi connectivity index (χ3v) is 1.74. The van der Waals surface area contributed by atoms with Gasteiger partial charge in [-0.1, -0.05) is 0 Å². The zero-order valence-corrected chi connectivity index (χ0v) is 8.49. The van der Waals surface area contributed by atoms with Crippen LogP contribution >= 0.6 is 0 Å². The van der Waals surface area contributed by atoms with Crippen molar-refractivity contribution in [2.75, 3.05) is 24.2 Å². The van der Waals surface area contributed by atoms with Crippen molar-refractivity contribution in [3.8, 4) is 0 Å². The number of nitrogens with two attached hydrogens (primary N) is 2. The minimum Gasteiger partial charge on any atom is -0.448 e. The number of amides is 1. The van der Waals surface area contributed by atoms with Gasteiger partial charge in [0.25, 0.3) is 0 Å². The molecular weight excluding hydrogens is 196 g/mol. The maximum absolute atomic E-state index is 10.3.